The first kappa shape index (κ1) is 13.3. The van der Waals surface area contributed by atoms with Gasteiger partial charge in [0.05, 0.1) is 5.16 Å². The second-order valence-corrected chi connectivity index (χ2v) is 4.34. The summed E-state index contributed by atoms with van der Waals surface area (Å²) >= 11 is 4.45. The number of halogens is 1. The molecule has 2 aromatic carbocycles. The zero-order valence-corrected chi connectivity index (χ0v) is 11.2. The summed E-state index contributed by atoms with van der Waals surface area (Å²) in [6.45, 7) is 2.04. The summed E-state index contributed by atoms with van der Waals surface area (Å²) in [5.74, 6) is -0.400. The molecule has 0 saturated heterocycles. The van der Waals surface area contributed by atoms with Crippen molar-refractivity contribution < 1.29 is 4.39 Å². The highest BCUT2D eigenvalue weighted by Gasteiger charge is 2.00. The minimum Gasteiger partial charge on any atom is -0.205 e. The summed E-state index contributed by atoms with van der Waals surface area (Å²) in [7, 11) is 0. The van der Waals surface area contributed by atoms with Crippen LogP contribution in [0.3, 0.4) is 0 Å². The predicted octanol–water partition coefficient (Wildman–Crippen LogP) is 5.04. The number of hydrogen-bond acceptors (Lipinski definition) is 2. The van der Waals surface area contributed by atoms with Gasteiger partial charge in [-0.25, -0.2) is 4.39 Å². The Kier molecular flexibility index (Phi) is 4.35. The van der Waals surface area contributed by atoms with Gasteiger partial charge in [0, 0.05) is 0 Å². The monoisotopic (exact) mass is 269 g/mol. The van der Waals surface area contributed by atoms with Crippen LogP contribution in [0.2, 0.25) is 0 Å². The molecule has 0 unspecified atom stereocenters. The zero-order chi connectivity index (χ0) is 13.7. The number of isothiocyanates is 1. The molecule has 2 aromatic rings. The summed E-state index contributed by atoms with van der Waals surface area (Å²) in [5, 5.41) is 2.16. The molecule has 0 fully saturated rings. The van der Waals surface area contributed by atoms with Crippen molar-refractivity contribution in [3.8, 4) is 0 Å². The highest BCUT2D eigenvalue weighted by atomic mass is 32.1. The largest absolute Gasteiger partial charge is 0.205 e. The molecule has 2 rings (SSSR count). The van der Waals surface area contributed by atoms with Crippen LogP contribution >= 0.6 is 12.2 Å². The Balaban J connectivity index is 2.21. The lowest BCUT2D eigenvalue weighted by Crippen LogP contribution is -1.79. The number of aryl methyl sites for hydroxylation is 1. The highest BCUT2D eigenvalue weighted by Crippen LogP contribution is 2.19. The first-order valence-corrected chi connectivity index (χ1v) is 6.22. The molecule has 0 heterocycles. The standard InChI is InChI=1S/C16H12FNS/c1-12-2-4-13(5-3-12)6-7-14-8-9-16(18-11-19)15(17)10-14/h2-10H,1H3/b7-6+. The fourth-order valence-corrected chi connectivity index (χ4v) is 1.74. The number of hydrogen-bond donors (Lipinski definition) is 0. The SMILES string of the molecule is Cc1ccc(/C=C/c2ccc(N=C=S)c(F)c2)cc1. The average molecular weight is 269 g/mol. The fraction of sp³-hybridized carbons (Fsp3) is 0.0625. The van der Waals surface area contributed by atoms with Gasteiger partial charge in [0.15, 0.2) is 0 Å². The van der Waals surface area contributed by atoms with Crippen LogP contribution in [0.5, 0.6) is 0 Å². The van der Waals surface area contributed by atoms with Crippen molar-refractivity contribution in [2.24, 2.45) is 4.99 Å². The Morgan fingerprint density at radius 1 is 1.05 bits per heavy atom. The van der Waals surface area contributed by atoms with Crippen LogP contribution in [0.4, 0.5) is 10.1 Å². The Hall–Kier alpha value is -2.09. The topological polar surface area (TPSA) is 12.4 Å². The molecule has 0 radical (unpaired) electrons. The predicted molar refractivity (Wildman–Crippen MR) is 81.2 cm³/mol. The van der Waals surface area contributed by atoms with Crippen molar-refractivity contribution in [2.75, 3.05) is 0 Å². The molecule has 0 saturated carbocycles. The van der Waals surface area contributed by atoms with Crippen molar-refractivity contribution in [2.45, 2.75) is 6.92 Å². The van der Waals surface area contributed by atoms with Gasteiger partial charge in [-0.15, -0.1) is 0 Å². The fourth-order valence-electron chi connectivity index (χ4n) is 1.64. The van der Waals surface area contributed by atoms with Crippen molar-refractivity contribution in [3.05, 3.63) is 65.0 Å². The summed E-state index contributed by atoms with van der Waals surface area (Å²) in [6, 6.07) is 12.9. The Morgan fingerprint density at radius 3 is 2.32 bits per heavy atom. The highest BCUT2D eigenvalue weighted by molar-refractivity contribution is 7.78. The van der Waals surface area contributed by atoms with E-state index in [0.717, 1.165) is 11.1 Å². The molecule has 0 spiro atoms. The average Bonchev–Trinajstić information content (AvgIpc) is 2.41. The van der Waals surface area contributed by atoms with Gasteiger partial charge in [0.25, 0.3) is 0 Å². The van der Waals surface area contributed by atoms with Crippen LogP contribution in [0.25, 0.3) is 12.2 Å². The summed E-state index contributed by atoms with van der Waals surface area (Å²) in [5.41, 5.74) is 3.28. The van der Waals surface area contributed by atoms with E-state index in [1.54, 1.807) is 12.1 Å². The van der Waals surface area contributed by atoms with Gasteiger partial charge in [-0.3, -0.25) is 0 Å². The van der Waals surface area contributed by atoms with Gasteiger partial charge in [-0.2, -0.15) is 4.99 Å². The molecular formula is C16H12FNS. The second kappa shape index (κ2) is 6.19. The van der Waals surface area contributed by atoms with E-state index in [9.17, 15) is 4.39 Å². The van der Waals surface area contributed by atoms with E-state index in [1.165, 1.54) is 11.6 Å². The van der Waals surface area contributed by atoms with Gasteiger partial charge in [0.1, 0.15) is 11.5 Å². The molecule has 0 N–H and O–H groups in total. The van der Waals surface area contributed by atoms with E-state index in [0.29, 0.717) is 0 Å². The first-order valence-electron chi connectivity index (χ1n) is 5.81. The van der Waals surface area contributed by atoms with Crippen LogP contribution in [0.1, 0.15) is 16.7 Å². The Morgan fingerprint density at radius 2 is 1.68 bits per heavy atom. The zero-order valence-electron chi connectivity index (χ0n) is 10.4. The van der Waals surface area contributed by atoms with Crippen LogP contribution in [-0.2, 0) is 0 Å². The molecule has 3 heteroatoms. The van der Waals surface area contributed by atoms with E-state index >= 15 is 0 Å². The minimum atomic E-state index is -0.400. The van der Waals surface area contributed by atoms with Crippen molar-refractivity contribution in [3.63, 3.8) is 0 Å². The molecule has 0 aliphatic rings. The molecule has 0 amide bonds. The number of thiocarbonyl (C=S) groups is 1. The van der Waals surface area contributed by atoms with Gasteiger partial charge >= 0.3 is 0 Å². The van der Waals surface area contributed by atoms with Crippen LogP contribution in [-0.4, -0.2) is 5.16 Å². The van der Waals surface area contributed by atoms with E-state index in [4.69, 9.17) is 0 Å². The first-order chi connectivity index (χ1) is 9.19. The van der Waals surface area contributed by atoms with Gasteiger partial charge in [0.2, 0.25) is 0 Å². The third-order valence-corrected chi connectivity index (χ3v) is 2.77. The normalized spacial score (nSPS) is 10.4. The summed E-state index contributed by atoms with van der Waals surface area (Å²) in [6.07, 6.45) is 3.80. The molecule has 0 atom stereocenters. The van der Waals surface area contributed by atoms with Gasteiger partial charge < -0.3 is 0 Å². The molecule has 1 nitrogen and oxygen atoms in total. The van der Waals surface area contributed by atoms with E-state index < -0.39 is 5.82 Å². The second-order valence-electron chi connectivity index (χ2n) is 4.16. The van der Waals surface area contributed by atoms with Crippen molar-refractivity contribution >= 4 is 35.2 Å². The minimum absolute atomic E-state index is 0.211. The van der Waals surface area contributed by atoms with E-state index in [1.807, 2.05) is 43.3 Å². The van der Waals surface area contributed by atoms with Crippen LogP contribution in [0, 0.1) is 12.7 Å². The lowest BCUT2D eigenvalue weighted by molar-refractivity contribution is 0.630. The number of aliphatic imine (C=N–C) groups is 1. The lowest BCUT2D eigenvalue weighted by Gasteiger charge is -1.98. The molecule has 94 valence electrons. The van der Waals surface area contributed by atoms with Crippen LogP contribution < -0.4 is 0 Å². The maximum atomic E-state index is 13.6. The molecule has 19 heavy (non-hydrogen) atoms. The summed E-state index contributed by atoms with van der Waals surface area (Å²) in [4.78, 5) is 3.64. The third kappa shape index (κ3) is 3.68. The van der Waals surface area contributed by atoms with Gasteiger partial charge in [-0.1, -0.05) is 48.0 Å². The van der Waals surface area contributed by atoms with E-state index in [-0.39, 0.29) is 5.69 Å². The number of rotatable bonds is 3. The van der Waals surface area contributed by atoms with Crippen molar-refractivity contribution in [1.82, 2.24) is 0 Å². The molecule has 0 aromatic heterocycles. The van der Waals surface area contributed by atoms with Gasteiger partial charge in [-0.05, 0) is 42.4 Å². The Bertz CT molecular complexity index is 653. The quantitative estimate of drug-likeness (QED) is 0.432. The number of nitrogens with zero attached hydrogens (tertiary/aromatic N) is 1. The third-order valence-electron chi connectivity index (χ3n) is 2.68. The maximum Gasteiger partial charge on any atom is 0.150 e. The molecule has 0 bridgehead atoms. The molecule has 0 aliphatic carbocycles. The Labute approximate surface area is 117 Å². The smallest absolute Gasteiger partial charge is 0.150 e. The molecular weight excluding hydrogens is 257 g/mol. The summed E-state index contributed by atoms with van der Waals surface area (Å²) < 4.78 is 13.6. The lowest BCUT2D eigenvalue weighted by atomic mass is 10.1. The molecule has 0 aliphatic heterocycles. The van der Waals surface area contributed by atoms with Crippen molar-refractivity contribution in [1.29, 1.82) is 0 Å². The maximum absolute atomic E-state index is 13.6. The van der Waals surface area contributed by atoms with Crippen LogP contribution in [0.15, 0.2) is 47.5 Å². The number of benzene rings is 2. The van der Waals surface area contributed by atoms with E-state index in [2.05, 4.69) is 22.4 Å².